The van der Waals surface area contributed by atoms with Crippen molar-refractivity contribution in [1.29, 1.82) is 0 Å². The Morgan fingerprint density at radius 2 is 1.67 bits per heavy atom. The first-order valence-electron chi connectivity index (χ1n) is 11.2. The minimum atomic E-state index is -0.982. The number of hydrogen-bond acceptors (Lipinski definition) is 5. The zero-order valence-electron chi connectivity index (χ0n) is 18.5. The Hall–Kier alpha value is -3.39. The molecule has 0 saturated carbocycles. The van der Waals surface area contributed by atoms with Crippen LogP contribution in [0.3, 0.4) is 0 Å². The molecule has 2 amide bonds. The molecule has 4 rings (SSSR count). The third-order valence-corrected chi connectivity index (χ3v) is 6.23. The summed E-state index contributed by atoms with van der Waals surface area (Å²) in [5.41, 5.74) is 4.60. The van der Waals surface area contributed by atoms with Gasteiger partial charge in [-0.15, -0.1) is 0 Å². The van der Waals surface area contributed by atoms with E-state index in [0.717, 1.165) is 22.3 Å². The van der Waals surface area contributed by atoms with Crippen molar-refractivity contribution < 1.29 is 29.0 Å². The predicted octanol–water partition coefficient (Wildman–Crippen LogP) is 2.91. The van der Waals surface area contributed by atoms with Gasteiger partial charge in [-0.1, -0.05) is 55.5 Å². The Morgan fingerprint density at radius 3 is 2.27 bits per heavy atom. The molecule has 2 aromatic rings. The van der Waals surface area contributed by atoms with Crippen molar-refractivity contribution in [3.8, 4) is 11.1 Å². The number of amides is 2. The first kappa shape index (κ1) is 22.8. The van der Waals surface area contributed by atoms with E-state index in [-0.39, 0.29) is 37.6 Å². The summed E-state index contributed by atoms with van der Waals surface area (Å²) in [7, 11) is 0. The molecule has 33 heavy (non-hydrogen) atoms. The summed E-state index contributed by atoms with van der Waals surface area (Å²) in [6, 6.07) is 16.2. The highest BCUT2D eigenvalue weighted by Gasteiger charge is 2.31. The molecule has 0 radical (unpaired) electrons. The van der Waals surface area contributed by atoms with E-state index in [9.17, 15) is 14.4 Å². The molecule has 174 valence electrons. The molecule has 1 aliphatic heterocycles. The molecule has 2 aliphatic rings. The smallest absolute Gasteiger partial charge is 0.407 e. The van der Waals surface area contributed by atoms with Crippen LogP contribution < -0.4 is 10.6 Å². The lowest BCUT2D eigenvalue weighted by Crippen LogP contribution is -2.40. The summed E-state index contributed by atoms with van der Waals surface area (Å²) in [6.45, 7) is 2.29. The lowest BCUT2D eigenvalue weighted by Gasteiger charge is -2.17. The molecular formula is C25H28N2O6. The van der Waals surface area contributed by atoms with Crippen molar-refractivity contribution in [2.45, 2.75) is 37.9 Å². The fourth-order valence-corrected chi connectivity index (χ4v) is 4.40. The van der Waals surface area contributed by atoms with Gasteiger partial charge < -0.3 is 25.2 Å². The second-order valence-corrected chi connectivity index (χ2v) is 8.51. The van der Waals surface area contributed by atoms with E-state index < -0.39 is 24.1 Å². The van der Waals surface area contributed by atoms with Crippen molar-refractivity contribution in [3.05, 3.63) is 59.7 Å². The summed E-state index contributed by atoms with van der Waals surface area (Å²) >= 11 is 0. The van der Waals surface area contributed by atoms with Crippen molar-refractivity contribution in [2.75, 3.05) is 19.7 Å². The molecule has 1 saturated heterocycles. The number of benzene rings is 2. The molecule has 3 unspecified atom stereocenters. The van der Waals surface area contributed by atoms with Gasteiger partial charge in [-0.05, 0) is 35.1 Å². The van der Waals surface area contributed by atoms with Crippen molar-refractivity contribution in [3.63, 3.8) is 0 Å². The van der Waals surface area contributed by atoms with E-state index in [2.05, 4.69) is 34.9 Å². The third kappa shape index (κ3) is 5.17. The van der Waals surface area contributed by atoms with Gasteiger partial charge in [-0.2, -0.15) is 0 Å². The van der Waals surface area contributed by atoms with Crippen LogP contribution in [0.1, 0.15) is 36.8 Å². The van der Waals surface area contributed by atoms with Gasteiger partial charge in [0.25, 0.3) is 0 Å². The number of rotatable bonds is 8. The Balaban J connectivity index is 1.21. The molecule has 1 fully saturated rings. The second-order valence-electron chi connectivity index (χ2n) is 8.51. The predicted molar refractivity (Wildman–Crippen MR) is 121 cm³/mol. The molecule has 8 heteroatoms. The Morgan fingerprint density at radius 1 is 1.03 bits per heavy atom. The number of alkyl carbamates (subject to hydrolysis) is 1. The highest BCUT2D eigenvalue weighted by molar-refractivity contribution is 5.80. The SMILES string of the molecule is CC(CNC(=O)OCC1c2ccccc2-c2ccccc21)C(=O)NCC1CCC(C(=O)O)O1. The zero-order chi connectivity index (χ0) is 23.4. The fourth-order valence-electron chi connectivity index (χ4n) is 4.40. The first-order chi connectivity index (χ1) is 15.9. The van der Waals surface area contributed by atoms with Gasteiger partial charge >= 0.3 is 12.1 Å². The molecule has 3 atom stereocenters. The van der Waals surface area contributed by atoms with E-state index in [1.54, 1.807) is 6.92 Å². The molecule has 0 spiro atoms. The normalized spacial score (nSPS) is 19.9. The van der Waals surface area contributed by atoms with Gasteiger partial charge in [0.15, 0.2) is 6.10 Å². The molecule has 3 N–H and O–H groups in total. The summed E-state index contributed by atoms with van der Waals surface area (Å²) in [5, 5.41) is 14.4. The largest absolute Gasteiger partial charge is 0.479 e. The number of aliphatic carboxylic acids is 1. The lowest BCUT2D eigenvalue weighted by atomic mass is 9.98. The molecule has 2 aromatic carbocycles. The van der Waals surface area contributed by atoms with Gasteiger partial charge in [0.05, 0.1) is 12.0 Å². The Bertz CT molecular complexity index is 994. The van der Waals surface area contributed by atoms with Crippen LogP contribution in [0.25, 0.3) is 11.1 Å². The number of carbonyl (C=O) groups is 3. The zero-order valence-corrected chi connectivity index (χ0v) is 18.5. The van der Waals surface area contributed by atoms with Crippen LogP contribution in [-0.4, -0.2) is 55.0 Å². The summed E-state index contributed by atoms with van der Waals surface area (Å²) in [4.78, 5) is 35.5. The van der Waals surface area contributed by atoms with Crippen LogP contribution in [0, 0.1) is 5.92 Å². The first-order valence-corrected chi connectivity index (χ1v) is 11.2. The highest BCUT2D eigenvalue weighted by Crippen LogP contribution is 2.44. The second kappa shape index (κ2) is 10.0. The Kier molecular flexibility index (Phi) is 6.93. The van der Waals surface area contributed by atoms with E-state index in [1.807, 2.05) is 24.3 Å². The molecule has 1 heterocycles. The van der Waals surface area contributed by atoms with Gasteiger partial charge in [0.2, 0.25) is 5.91 Å². The van der Waals surface area contributed by atoms with E-state index in [4.69, 9.17) is 14.6 Å². The number of carbonyl (C=O) groups excluding carboxylic acids is 2. The number of hydrogen-bond donors (Lipinski definition) is 3. The topological polar surface area (TPSA) is 114 Å². The van der Waals surface area contributed by atoms with Gasteiger partial charge in [0.1, 0.15) is 6.61 Å². The van der Waals surface area contributed by atoms with Crippen LogP contribution in [0.15, 0.2) is 48.5 Å². The average Bonchev–Trinajstić information content (AvgIpc) is 3.43. The molecule has 0 bridgehead atoms. The standard InChI is InChI=1S/C25H28N2O6/c1-15(23(28)26-13-16-10-11-22(33-16)24(29)30)12-27-25(31)32-14-21-19-8-4-2-6-17(19)18-7-3-5-9-20(18)21/h2-9,15-16,21-22H,10-14H2,1H3,(H,26,28)(H,27,31)(H,29,30). The van der Waals surface area contributed by atoms with E-state index >= 15 is 0 Å². The maximum atomic E-state index is 12.3. The highest BCUT2D eigenvalue weighted by atomic mass is 16.5. The Labute approximate surface area is 192 Å². The maximum absolute atomic E-state index is 12.3. The van der Waals surface area contributed by atoms with E-state index in [1.165, 1.54) is 0 Å². The average molecular weight is 453 g/mol. The van der Waals surface area contributed by atoms with Crippen LogP contribution >= 0.6 is 0 Å². The maximum Gasteiger partial charge on any atom is 0.407 e. The van der Waals surface area contributed by atoms with Crippen LogP contribution in [0.4, 0.5) is 4.79 Å². The summed E-state index contributed by atoms with van der Waals surface area (Å²) in [5.74, 6) is -1.71. The molecule has 1 aliphatic carbocycles. The van der Waals surface area contributed by atoms with Crippen LogP contribution in [0.5, 0.6) is 0 Å². The van der Waals surface area contributed by atoms with E-state index in [0.29, 0.717) is 12.8 Å². The van der Waals surface area contributed by atoms with Crippen molar-refractivity contribution >= 4 is 18.0 Å². The number of ether oxygens (including phenoxy) is 2. The number of nitrogens with one attached hydrogen (secondary N) is 2. The number of fused-ring (bicyclic) bond motifs is 3. The quantitative estimate of drug-likeness (QED) is 0.568. The van der Waals surface area contributed by atoms with Crippen molar-refractivity contribution in [2.24, 2.45) is 5.92 Å². The van der Waals surface area contributed by atoms with Gasteiger partial charge in [-0.3, -0.25) is 4.79 Å². The minimum absolute atomic E-state index is 0.0232. The van der Waals surface area contributed by atoms with Crippen LogP contribution in [0.2, 0.25) is 0 Å². The number of carboxylic acid groups (broad SMARTS) is 1. The summed E-state index contributed by atoms with van der Waals surface area (Å²) < 4.78 is 10.9. The monoisotopic (exact) mass is 452 g/mol. The molecular weight excluding hydrogens is 424 g/mol. The van der Waals surface area contributed by atoms with Crippen molar-refractivity contribution in [1.82, 2.24) is 10.6 Å². The van der Waals surface area contributed by atoms with Gasteiger partial charge in [-0.25, -0.2) is 9.59 Å². The van der Waals surface area contributed by atoms with Gasteiger partial charge in [0, 0.05) is 19.0 Å². The lowest BCUT2D eigenvalue weighted by molar-refractivity contribution is -0.149. The third-order valence-electron chi connectivity index (χ3n) is 6.23. The molecule has 8 nitrogen and oxygen atoms in total. The summed E-state index contributed by atoms with van der Waals surface area (Å²) in [6.07, 6.45) is -0.657. The minimum Gasteiger partial charge on any atom is -0.479 e. The van der Waals surface area contributed by atoms with Crippen LogP contribution in [-0.2, 0) is 19.1 Å². The fraction of sp³-hybridized carbons (Fsp3) is 0.400. The molecule has 0 aromatic heterocycles. The number of carboxylic acids is 1.